The molecule has 0 atom stereocenters. The van der Waals surface area contributed by atoms with Gasteiger partial charge in [-0.1, -0.05) is 0 Å². The first-order chi connectivity index (χ1) is 18.0. The zero-order valence-electron chi connectivity index (χ0n) is 25.6. The molecule has 3 aromatic carbocycles. The average molecular weight is 666 g/mol. The number of methoxy groups -OCH3 is 3. The fourth-order valence-electron chi connectivity index (χ4n) is 6.78. The van der Waals surface area contributed by atoms with Gasteiger partial charge in [0, 0.05) is 0 Å². The molecule has 3 aromatic rings. The molecule has 8 heteroatoms. The van der Waals surface area contributed by atoms with Crippen LogP contribution < -0.4 is 67.0 Å². The maximum atomic E-state index is 6.25. The van der Waals surface area contributed by atoms with E-state index in [1.165, 1.54) is 54.5 Å². The summed E-state index contributed by atoms with van der Waals surface area (Å²) in [7, 11) is 2.23. The maximum Gasteiger partial charge on any atom is -1.00 e. The van der Waals surface area contributed by atoms with Crippen molar-refractivity contribution < 1.29 is 71.9 Å². The summed E-state index contributed by atoms with van der Waals surface area (Å²) in [5.74, 6) is 2.74. The molecule has 3 nitrogen and oxygen atoms in total. The van der Waals surface area contributed by atoms with E-state index < -0.39 is 8.07 Å². The summed E-state index contributed by atoms with van der Waals surface area (Å²) in [6.07, 6.45) is 0. The number of aryl methyl sites for hydroxylation is 3. The molecule has 0 spiro atoms. The van der Waals surface area contributed by atoms with Gasteiger partial charge in [-0.25, -0.2) is 0 Å². The van der Waals surface area contributed by atoms with Crippen molar-refractivity contribution in [3.63, 3.8) is 0 Å². The van der Waals surface area contributed by atoms with E-state index in [9.17, 15) is 0 Å². The van der Waals surface area contributed by atoms with Crippen molar-refractivity contribution in [2.24, 2.45) is 0 Å². The van der Waals surface area contributed by atoms with Gasteiger partial charge in [-0.3, -0.25) is 0 Å². The number of allylic oxidation sites excluding steroid dienone is 4. The average Bonchev–Trinajstić information content (AvgIpc) is 3.06. The Morgan fingerprint density at radius 1 is 0.512 bits per heavy atom. The summed E-state index contributed by atoms with van der Waals surface area (Å²) >= 11 is 2.47. The summed E-state index contributed by atoms with van der Waals surface area (Å²) < 4.78 is 18.4. The minimum Gasteiger partial charge on any atom is -1.00 e. The molecule has 0 aliphatic heterocycles. The molecular weight excluding hydrogens is 627 g/mol. The predicted molar refractivity (Wildman–Crippen MR) is 157 cm³/mol. The van der Waals surface area contributed by atoms with Crippen molar-refractivity contribution in [3.05, 3.63) is 93.6 Å². The van der Waals surface area contributed by atoms with E-state index in [0.29, 0.717) is 0 Å². The first kappa shape index (κ1) is 37.4. The van der Waals surface area contributed by atoms with Gasteiger partial charge in [0.05, 0.1) is 0 Å². The molecule has 1 aliphatic rings. The second-order valence-corrected chi connectivity index (χ2v) is 16.2. The van der Waals surface area contributed by atoms with Crippen LogP contribution in [0, 0.1) is 20.8 Å². The molecule has 41 heavy (non-hydrogen) atoms. The van der Waals surface area contributed by atoms with Crippen molar-refractivity contribution in [3.8, 4) is 17.2 Å². The van der Waals surface area contributed by atoms with Crippen LogP contribution in [0.1, 0.15) is 44.4 Å². The fraction of sp³-hybridized carbons (Fsp3) is 0.333. The Labute approximate surface area is 277 Å². The zero-order chi connectivity index (χ0) is 28.0. The molecule has 0 aromatic heterocycles. The number of ether oxygens (including phenoxy) is 3. The standard InChI is InChI=1S/C33H39O3Si.3ClH.Ti/c1-20-14-11-17-27(34-8)30(20)37(31-21(2)15-12-18-28(31)35-9,32-22(3)16-13-19-29(32)36-10)33-25(6)23(4)24(5)26(33)7;;;;/h11-19H,1-10H3;3*1H;/q;;;;+3/p-3. The van der Waals surface area contributed by atoms with Crippen LogP contribution >= 0.6 is 0 Å². The van der Waals surface area contributed by atoms with Crippen molar-refractivity contribution >= 4 is 23.6 Å². The van der Waals surface area contributed by atoms with Crippen LogP contribution in [0.2, 0.25) is 3.34 Å². The summed E-state index contributed by atoms with van der Waals surface area (Å²) in [5.41, 5.74) is 9.20. The topological polar surface area (TPSA) is 27.7 Å². The SMILES string of the molecule is COc1cccc(C)c1[Si](c1c(C)cccc1OC)(c1c(C)cccc1OC)[C]1([Ti+3])C(C)=C(C)C(C)=C1C.[Cl-].[Cl-].[Cl-]. The van der Waals surface area contributed by atoms with E-state index in [1.54, 1.807) is 21.3 Å². The number of hydrogen-bond acceptors (Lipinski definition) is 3. The number of halogens is 3. The Bertz CT molecular complexity index is 1330. The monoisotopic (exact) mass is 664 g/mol. The quantitative estimate of drug-likeness (QED) is 0.200. The Balaban J connectivity index is 0.00000280. The van der Waals surface area contributed by atoms with Crippen molar-refractivity contribution in [2.45, 2.75) is 51.8 Å². The first-order valence-corrected chi connectivity index (χ1v) is 15.8. The molecule has 0 unspecified atom stereocenters. The van der Waals surface area contributed by atoms with Crippen LogP contribution in [0.3, 0.4) is 0 Å². The molecule has 0 heterocycles. The minimum atomic E-state index is -3.15. The van der Waals surface area contributed by atoms with Gasteiger partial charge < -0.3 is 37.2 Å². The smallest absolute Gasteiger partial charge is 1.00 e. The van der Waals surface area contributed by atoms with Gasteiger partial charge in [0.2, 0.25) is 0 Å². The molecule has 0 N–H and O–H groups in total. The summed E-state index contributed by atoms with van der Waals surface area (Å²) in [5, 5.41) is 3.81. The zero-order valence-corrected chi connectivity index (χ0v) is 30.4. The molecule has 4 rings (SSSR count). The second-order valence-electron chi connectivity index (χ2n) is 10.5. The normalized spacial score (nSPS) is 14.1. The second kappa shape index (κ2) is 14.2. The molecular formula is C33H39Cl3O3SiTi. The van der Waals surface area contributed by atoms with Gasteiger partial charge >= 0.3 is 242 Å². The third-order valence-corrected chi connectivity index (χ3v) is 17.8. The molecule has 0 bridgehead atoms. The van der Waals surface area contributed by atoms with E-state index in [2.05, 4.69) is 123 Å². The fourth-order valence-corrected chi connectivity index (χ4v) is 16.2. The van der Waals surface area contributed by atoms with Gasteiger partial charge in [-0.2, -0.15) is 0 Å². The van der Waals surface area contributed by atoms with Crippen molar-refractivity contribution in [2.75, 3.05) is 21.3 Å². The number of rotatable bonds is 7. The summed E-state index contributed by atoms with van der Waals surface area (Å²) in [6, 6.07) is 19.3. The van der Waals surface area contributed by atoms with E-state index in [0.717, 1.165) is 17.2 Å². The number of hydrogen-bond donors (Lipinski definition) is 0. The Morgan fingerprint density at radius 3 is 1.02 bits per heavy atom. The van der Waals surface area contributed by atoms with Crippen LogP contribution in [0.15, 0.2) is 76.9 Å². The summed E-state index contributed by atoms with van der Waals surface area (Å²) in [6.45, 7) is 15.9. The number of benzene rings is 3. The Morgan fingerprint density at radius 2 is 0.780 bits per heavy atom. The van der Waals surface area contributed by atoms with Crippen LogP contribution in [0.4, 0.5) is 0 Å². The van der Waals surface area contributed by atoms with Crippen molar-refractivity contribution in [1.82, 2.24) is 0 Å². The van der Waals surface area contributed by atoms with E-state index in [4.69, 9.17) is 14.2 Å². The molecule has 1 aliphatic carbocycles. The third kappa shape index (κ3) is 5.34. The minimum absolute atomic E-state index is 0. The summed E-state index contributed by atoms with van der Waals surface area (Å²) in [4.78, 5) is 0. The Hall–Kier alpha value is -1.66. The predicted octanol–water partition coefficient (Wildman–Crippen LogP) is -2.95. The van der Waals surface area contributed by atoms with Gasteiger partial charge in [0.15, 0.2) is 0 Å². The van der Waals surface area contributed by atoms with E-state index in [1.807, 2.05) is 0 Å². The Kier molecular flexibility index (Phi) is 12.9. The van der Waals surface area contributed by atoms with Gasteiger partial charge in [-0.15, -0.1) is 0 Å². The van der Waals surface area contributed by atoms with Gasteiger partial charge in [-0.05, 0) is 0 Å². The molecule has 0 amide bonds. The molecule has 0 radical (unpaired) electrons. The van der Waals surface area contributed by atoms with Crippen molar-refractivity contribution in [1.29, 1.82) is 0 Å². The first-order valence-electron chi connectivity index (χ1n) is 13.1. The van der Waals surface area contributed by atoms with Crippen LogP contribution in [0.25, 0.3) is 0 Å². The van der Waals surface area contributed by atoms with E-state index in [-0.39, 0.29) is 40.6 Å². The van der Waals surface area contributed by atoms with Gasteiger partial charge in [0.25, 0.3) is 0 Å². The molecule has 0 fully saturated rings. The van der Waals surface area contributed by atoms with E-state index >= 15 is 0 Å². The van der Waals surface area contributed by atoms with Crippen LogP contribution in [-0.4, -0.2) is 29.4 Å². The molecule has 0 saturated heterocycles. The molecule has 0 saturated carbocycles. The molecule has 218 valence electrons. The largest absolute Gasteiger partial charge is 1.00 e. The van der Waals surface area contributed by atoms with Crippen LogP contribution in [0.5, 0.6) is 17.2 Å². The van der Waals surface area contributed by atoms with Crippen LogP contribution in [-0.2, 0) is 20.4 Å². The van der Waals surface area contributed by atoms with Gasteiger partial charge in [0.1, 0.15) is 0 Å². The third-order valence-electron chi connectivity index (χ3n) is 8.86. The maximum absolute atomic E-state index is 6.25.